The summed E-state index contributed by atoms with van der Waals surface area (Å²) < 4.78 is 0. The van der Waals surface area contributed by atoms with E-state index in [0.29, 0.717) is 0 Å². The van der Waals surface area contributed by atoms with Crippen molar-refractivity contribution in [1.82, 2.24) is 9.97 Å². The van der Waals surface area contributed by atoms with Crippen LogP contribution in [-0.2, 0) is 20.1 Å². The van der Waals surface area contributed by atoms with Crippen LogP contribution in [0.4, 0.5) is 0 Å². The van der Waals surface area contributed by atoms with Crippen molar-refractivity contribution in [3.8, 4) is 22.5 Å². The molecule has 0 bridgehead atoms. The minimum absolute atomic E-state index is 0. The molecular weight excluding hydrogens is 557 g/mol. The molecule has 3 heteroatoms. The van der Waals surface area contributed by atoms with Crippen LogP contribution < -0.4 is 0 Å². The summed E-state index contributed by atoms with van der Waals surface area (Å²) in [5, 5.41) is 0. The van der Waals surface area contributed by atoms with E-state index in [-0.39, 0.29) is 49.8 Å². The smallest absolute Gasteiger partial charge is 0.0160 e. The number of nitrogens with zero attached hydrogens (tertiary/aromatic N) is 2. The molecule has 0 amide bonds. The van der Waals surface area contributed by atoms with Gasteiger partial charge in [-0.1, -0.05) is 38.1 Å². The largest absolute Gasteiger partial charge is 0.358 e. The van der Waals surface area contributed by atoms with Crippen LogP contribution in [0.1, 0.15) is 11.1 Å². The van der Waals surface area contributed by atoms with Gasteiger partial charge in [-0.05, 0) is 23.5 Å². The molecule has 0 unspecified atom stereocenters. The summed E-state index contributed by atoms with van der Waals surface area (Å²) in [5.41, 5.74) is 6.49. The molecule has 0 saturated carbocycles. The molecule has 0 aliphatic carbocycles. The molecule has 0 saturated heterocycles. The van der Waals surface area contributed by atoms with Crippen molar-refractivity contribution in [2.75, 3.05) is 0 Å². The Morgan fingerprint density at radius 1 is 0.548 bits per heavy atom. The average molecular weight is 589 g/mol. The predicted molar refractivity (Wildman–Crippen MR) is 132 cm³/mol. The molecule has 0 N–H and O–H groups in total. The fourth-order valence-corrected chi connectivity index (χ4v) is 2.37. The zero-order valence-electron chi connectivity index (χ0n) is 19.3. The third-order valence-electron chi connectivity index (χ3n) is 3.82. The van der Waals surface area contributed by atoms with Crippen LogP contribution in [0.25, 0.3) is 22.5 Å². The van der Waals surface area contributed by atoms with Gasteiger partial charge in [0, 0.05) is 32.5 Å². The van der Waals surface area contributed by atoms with E-state index in [2.05, 4.69) is 48.1 Å². The van der Waals surface area contributed by atoms with Gasteiger partial charge in [0.05, 0.1) is 0 Å². The van der Waals surface area contributed by atoms with Gasteiger partial charge in [0.25, 0.3) is 0 Å². The first-order valence-electron chi connectivity index (χ1n) is 8.52. The van der Waals surface area contributed by atoms with Gasteiger partial charge >= 0.3 is 0 Å². The van der Waals surface area contributed by atoms with E-state index in [1.807, 2.05) is 60.7 Å². The molecule has 0 aliphatic rings. The first kappa shape index (κ1) is 33.0. The molecule has 0 atom stereocenters. The zero-order valence-corrected chi connectivity index (χ0v) is 21.7. The van der Waals surface area contributed by atoms with Gasteiger partial charge in [-0.15, -0.1) is 70.8 Å². The van der Waals surface area contributed by atoms with Gasteiger partial charge in [-0.3, -0.25) is 0 Å². The van der Waals surface area contributed by atoms with Gasteiger partial charge in [0.2, 0.25) is 0 Å². The van der Waals surface area contributed by atoms with E-state index in [1.54, 1.807) is 12.4 Å². The third kappa shape index (κ3) is 10.3. The quantitative estimate of drug-likeness (QED) is 0.227. The van der Waals surface area contributed by atoms with Crippen molar-refractivity contribution in [2.45, 2.75) is 13.8 Å². The maximum atomic E-state index is 4.25. The molecule has 1 radical (unpaired) electrons. The molecule has 2 heterocycles. The average Bonchev–Trinajstić information content (AvgIpc) is 2.71. The Morgan fingerprint density at radius 2 is 0.935 bits per heavy atom. The molecule has 31 heavy (non-hydrogen) atoms. The summed E-state index contributed by atoms with van der Waals surface area (Å²) in [6, 6.07) is 30.3. The third-order valence-corrected chi connectivity index (χ3v) is 3.82. The summed E-state index contributed by atoms with van der Waals surface area (Å²) in [5.74, 6) is 0. The molecule has 4 rings (SSSR count). The maximum Gasteiger partial charge on any atom is 0.0160 e. The predicted octanol–water partition coefficient (Wildman–Crippen LogP) is 7.51. The Morgan fingerprint density at radius 3 is 1.19 bits per heavy atom. The van der Waals surface area contributed by atoms with E-state index < -0.39 is 0 Å². The van der Waals surface area contributed by atoms with Crippen molar-refractivity contribution in [1.29, 1.82) is 0 Å². The topological polar surface area (TPSA) is 25.8 Å². The number of pyridine rings is 2. The fraction of sp³-hybridized carbons (Fsp3) is 0.0714. The van der Waals surface area contributed by atoms with Crippen LogP contribution in [0.3, 0.4) is 0 Å². The zero-order chi connectivity index (χ0) is 18.2. The number of aryl methyl sites for hydroxylation is 2. The molecule has 4 aromatic rings. The summed E-state index contributed by atoms with van der Waals surface area (Å²) in [6.45, 7) is 4.11. The number of rotatable bonds is 2. The second-order valence-corrected chi connectivity index (χ2v) is 5.99. The summed E-state index contributed by atoms with van der Waals surface area (Å²) in [6.07, 6.45) is 3.59. The summed E-state index contributed by atoms with van der Waals surface area (Å²) >= 11 is 0. The number of aromatic nitrogens is 2. The van der Waals surface area contributed by atoms with Crippen molar-refractivity contribution in [2.24, 2.45) is 0 Å². The van der Waals surface area contributed by atoms with Crippen molar-refractivity contribution in [3.05, 3.63) is 138 Å². The van der Waals surface area contributed by atoms with Crippen molar-refractivity contribution < 1.29 is 20.1 Å². The van der Waals surface area contributed by atoms with Crippen LogP contribution in [0.5, 0.6) is 0 Å². The van der Waals surface area contributed by atoms with Gasteiger partial charge in [0.15, 0.2) is 0 Å². The van der Waals surface area contributed by atoms with Crippen LogP contribution in [0, 0.1) is 55.7 Å². The van der Waals surface area contributed by atoms with Crippen molar-refractivity contribution >= 4 is 0 Å². The van der Waals surface area contributed by atoms with Gasteiger partial charge in [-0.25, -0.2) is 0 Å². The molecule has 2 aromatic heterocycles. The van der Waals surface area contributed by atoms with Crippen LogP contribution in [-0.4, -0.2) is 9.97 Å². The molecule has 0 fully saturated rings. The van der Waals surface area contributed by atoms with Crippen molar-refractivity contribution in [3.63, 3.8) is 0 Å². The SMILES string of the molecule is Cc1c[c-]c(-c2ccccn2)cc1.Cc1c[c-]c(-c2ccccn2)cc1.[CH3-].[CH3-].[CH3-].[CH3-].[Ir]. The van der Waals surface area contributed by atoms with E-state index in [4.69, 9.17) is 0 Å². The first-order chi connectivity index (χ1) is 12.7. The van der Waals surface area contributed by atoms with E-state index in [0.717, 1.165) is 22.5 Å². The van der Waals surface area contributed by atoms with Crippen LogP contribution in [0.2, 0.25) is 0 Å². The fourth-order valence-electron chi connectivity index (χ4n) is 2.37. The molecule has 2 nitrogen and oxygen atoms in total. The normalized spacial score (nSPS) is 8.32. The first-order valence-corrected chi connectivity index (χ1v) is 8.52. The Labute approximate surface area is 204 Å². The number of hydrogen-bond acceptors (Lipinski definition) is 2. The minimum atomic E-state index is 0. The Bertz CT molecular complexity index is 839. The Hall–Kier alpha value is -2.61. The Balaban J connectivity index is -0.000000436. The summed E-state index contributed by atoms with van der Waals surface area (Å²) in [4.78, 5) is 8.49. The summed E-state index contributed by atoms with van der Waals surface area (Å²) in [7, 11) is 0. The molecule has 0 spiro atoms. The molecular formula is C28H32IrN2-6. The second kappa shape index (κ2) is 17.1. The Kier molecular flexibility index (Phi) is 18.2. The molecule has 0 aliphatic heterocycles. The monoisotopic (exact) mass is 589 g/mol. The number of benzene rings is 2. The van der Waals surface area contributed by atoms with Gasteiger partial charge in [-0.2, -0.15) is 0 Å². The van der Waals surface area contributed by atoms with Crippen LogP contribution in [0.15, 0.2) is 85.2 Å². The maximum absolute atomic E-state index is 4.25. The van der Waals surface area contributed by atoms with E-state index >= 15 is 0 Å². The number of hydrogen-bond donors (Lipinski definition) is 0. The van der Waals surface area contributed by atoms with E-state index in [9.17, 15) is 0 Å². The molecule has 169 valence electrons. The minimum Gasteiger partial charge on any atom is -0.358 e. The molecule has 2 aromatic carbocycles. The van der Waals surface area contributed by atoms with Gasteiger partial charge < -0.3 is 39.7 Å². The van der Waals surface area contributed by atoms with Crippen LogP contribution >= 0.6 is 0 Å². The van der Waals surface area contributed by atoms with E-state index in [1.165, 1.54) is 11.1 Å². The standard InChI is InChI=1S/2C12H10N.4CH3.Ir/c2*1-10-5-7-11(8-6-10)12-4-2-3-9-13-12;;;;;/h2*2-7,9H,1H3;4*1H3;/q6*-1;. The van der Waals surface area contributed by atoms with Gasteiger partial charge in [0.1, 0.15) is 0 Å². The second-order valence-electron chi connectivity index (χ2n) is 5.99.